The number of hydrogen-bond acceptors (Lipinski definition) is 3. The molecule has 1 aliphatic heterocycles. The fraction of sp³-hybridized carbons (Fsp3) is 0.478. The van der Waals surface area contributed by atoms with Gasteiger partial charge in [-0.25, -0.2) is 0 Å². The molecule has 1 amide bonds. The molecule has 1 saturated heterocycles. The summed E-state index contributed by atoms with van der Waals surface area (Å²) in [6, 6.07) is 11.5. The van der Waals surface area contributed by atoms with Crippen LogP contribution in [0.1, 0.15) is 47.4 Å². The van der Waals surface area contributed by atoms with E-state index in [4.69, 9.17) is 0 Å². The third kappa shape index (κ3) is 4.56. The summed E-state index contributed by atoms with van der Waals surface area (Å²) in [5.41, 5.74) is 1.45. The van der Waals surface area contributed by atoms with Gasteiger partial charge >= 0.3 is 0 Å². The molecule has 0 aliphatic carbocycles. The number of rotatable bonds is 5. The van der Waals surface area contributed by atoms with Crippen LogP contribution >= 0.6 is 0 Å². The highest BCUT2D eigenvalue weighted by Gasteiger charge is 2.27. The normalized spacial score (nSPS) is 18.0. The number of carbonyl (C=O) groups excluding carboxylic acids is 2. The van der Waals surface area contributed by atoms with E-state index in [0.29, 0.717) is 11.5 Å². The van der Waals surface area contributed by atoms with Gasteiger partial charge in [-0.05, 0) is 54.3 Å². The van der Waals surface area contributed by atoms with Crippen LogP contribution in [0.25, 0.3) is 10.8 Å². The van der Waals surface area contributed by atoms with Crippen LogP contribution in [0.15, 0.2) is 36.4 Å². The van der Waals surface area contributed by atoms with E-state index in [1.54, 1.807) is 19.0 Å². The zero-order chi connectivity index (χ0) is 19.6. The van der Waals surface area contributed by atoms with Crippen molar-refractivity contribution >= 4 is 22.5 Å². The number of nitrogens with zero attached hydrogens (tertiary/aromatic N) is 2. The highest BCUT2D eigenvalue weighted by Crippen LogP contribution is 2.25. The minimum Gasteiger partial charge on any atom is -0.345 e. The van der Waals surface area contributed by atoms with E-state index in [-0.39, 0.29) is 17.6 Å². The molecule has 1 fully saturated rings. The Morgan fingerprint density at radius 2 is 1.70 bits per heavy atom. The third-order valence-electron chi connectivity index (χ3n) is 5.28. The predicted octanol–water partition coefficient (Wildman–Crippen LogP) is 4.09. The average molecular weight is 367 g/mol. The first-order valence-electron chi connectivity index (χ1n) is 9.87. The van der Waals surface area contributed by atoms with Crippen molar-refractivity contribution in [3.63, 3.8) is 0 Å². The van der Waals surface area contributed by atoms with Crippen molar-refractivity contribution < 1.29 is 9.59 Å². The molecule has 0 N–H and O–H groups in total. The van der Waals surface area contributed by atoms with Gasteiger partial charge in [0.1, 0.15) is 0 Å². The minimum absolute atomic E-state index is 0.00972. The number of piperidine rings is 1. The molecule has 1 heterocycles. The number of fused-ring (bicyclic) bond motifs is 1. The first-order chi connectivity index (χ1) is 12.8. The Bertz CT molecular complexity index is 841. The molecule has 0 saturated carbocycles. The van der Waals surface area contributed by atoms with Gasteiger partial charge in [-0.2, -0.15) is 0 Å². The molecule has 0 bridgehead atoms. The quantitative estimate of drug-likeness (QED) is 0.748. The maximum atomic E-state index is 13.1. The number of carbonyl (C=O) groups is 2. The lowest BCUT2D eigenvalue weighted by molar-refractivity contribution is 0.0804. The Hall–Kier alpha value is -2.20. The van der Waals surface area contributed by atoms with Crippen molar-refractivity contribution in [3.8, 4) is 0 Å². The Morgan fingerprint density at radius 1 is 1.07 bits per heavy atom. The van der Waals surface area contributed by atoms with Gasteiger partial charge in [0.2, 0.25) is 0 Å². The smallest absolute Gasteiger partial charge is 0.253 e. The lowest BCUT2D eigenvalue weighted by Crippen LogP contribution is -2.40. The van der Waals surface area contributed by atoms with E-state index in [1.807, 2.05) is 36.4 Å². The van der Waals surface area contributed by atoms with Gasteiger partial charge in [0, 0.05) is 44.2 Å². The molecule has 1 aliphatic rings. The summed E-state index contributed by atoms with van der Waals surface area (Å²) in [6.45, 7) is 7.48. The lowest BCUT2D eigenvalue weighted by atomic mass is 9.89. The Balaban J connectivity index is 1.79. The Labute approximate surface area is 162 Å². The number of ketones is 1. The highest BCUT2D eigenvalue weighted by atomic mass is 16.2. The molecule has 144 valence electrons. The lowest BCUT2D eigenvalue weighted by Gasteiger charge is -2.33. The topological polar surface area (TPSA) is 40.6 Å². The zero-order valence-corrected chi connectivity index (χ0v) is 16.9. The molecule has 1 unspecified atom stereocenters. The van der Waals surface area contributed by atoms with E-state index >= 15 is 0 Å². The summed E-state index contributed by atoms with van der Waals surface area (Å²) in [7, 11) is 3.50. The number of benzene rings is 2. The SMILES string of the molecule is CC(C)CN1CCCC(C(=O)c2ccc3cc(C(=O)N(C)C)ccc3c2)C1. The monoisotopic (exact) mass is 366 g/mol. The Morgan fingerprint density at radius 3 is 2.33 bits per heavy atom. The van der Waals surface area contributed by atoms with Crippen LogP contribution in [0, 0.1) is 11.8 Å². The molecule has 2 aromatic rings. The van der Waals surface area contributed by atoms with Crippen molar-refractivity contribution in [3.05, 3.63) is 47.5 Å². The second-order valence-corrected chi connectivity index (χ2v) is 8.33. The van der Waals surface area contributed by atoms with Gasteiger partial charge < -0.3 is 9.80 Å². The molecule has 1 atom stereocenters. The van der Waals surface area contributed by atoms with Crippen LogP contribution < -0.4 is 0 Å². The van der Waals surface area contributed by atoms with Crippen molar-refractivity contribution in [2.45, 2.75) is 26.7 Å². The maximum absolute atomic E-state index is 13.1. The first-order valence-corrected chi connectivity index (χ1v) is 9.87. The summed E-state index contributed by atoms with van der Waals surface area (Å²) in [5, 5.41) is 2.00. The molecule has 0 radical (unpaired) electrons. The molecular weight excluding hydrogens is 336 g/mol. The number of Topliss-reactive ketones (excluding diaryl/α,β-unsaturated/α-hetero) is 1. The fourth-order valence-corrected chi connectivity index (χ4v) is 3.98. The zero-order valence-electron chi connectivity index (χ0n) is 16.9. The second-order valence-electron chi connectivity index (χ2n) is 8.33. The van der Waals surface area contributed by atoms with Crippen LogP contribution in [0.3, 0.4) is 0 Å². The van der Waals surface area contributed by atoms with Crippen molar-refractivity contribution in [1.82, 2.24) is 9.80 Å². The van der Waals surface area contributed by atoms with E-state index in [2.05, 4.69) is 18.7 Å². The van der Waals surface area contributed by atoms with Crippen molar-refractivity contribution in [2.24, 2.45) is 11.8 Å². The fourth-order valence-electron chi connectivity index (χ4n) is 3.98. The van der Waals surface area contributed by atoms with Gasteiger partial charge in [0.15, 0.2) is 5.78 Å². The number of amides is 1. The van der Waals surface area contributed by atoms with Crippen LogP contribution in [0.5, 0.6) is 0 Å². The standard InChI is InChI=1S/C23H30N2O2/c1-16(2)14-25-11-5-6-21(15-25)22(26)19-9-7-18-13-20(23(27)24(3)4)10-8-17(18)12-19/h7-10,12-13,16,21H,5-6,11,14-15H2,1-4H3. The average Bonchev–Trinajstić information content (AvgIpc) is 2.65. The third-order valence-corrected chi connectivity index (χ3v) is 5.28. The second kappa shape index (κ2) is 8.22. The minimum atomic E-state index is -0.00972. The summed E-state index contributed by atoms with van der Waals surface area (Å²) in [4.78, 5) is 29.2. The van der Waals surface area contributed by atoms with E-state index < -0.39 is 0 Å². The van der Waals surface area contributed by atoms with Crippen LogP contribution in [0.2, 0.25) is 0 Å². The summed E-state index contributed by atoms with van der Waals surface area (Å²) < 4.78 is 0. The van der Waals surface area contributed by atoms with Crippen molar-refractivity contribution in [2.75, 3.05) is 33.7 Å². The van der Waals surface area contributed by atoms with E-state index in [0.717, 1.165) is 48.8 Å². The predicted molar refractivity (Wildman–Crippen MR) is 110 cm³/mol. The van der Waals surface area contributed by atoms with Crippen LogP contribution in [-0.4, -0.2) is 55.2 Å². The maximum Gasteiger partial charge on any atom is 0.253 e. The first kappa shape index (κ1) is 19.6. The van der Waals surface area contributed by atoms with Crippen molar-refractivity contribution in [1.29, 1.82) is 0 Å². The van der Waals surface area contributed by atoms with Crippen LogP contribution in [-0.2, 0) is 0 Å². The molecule has 4 nitrogen and oxygen atoms in total. The Kier molecular flexibility index (Phi) is 5.95. The van der Waals surface area contributed by atoms with Gasteiger partial charge in [0.05, 0.1) is 0 Å². The summed E-state index contributed by atoms with van der Waals surface area (Å²) in [5.74, 6) is 0.950. The molecule has 27 heavy (non-hydrogen) atoms. The molecule has 3 rings (SSSR count). The number of hydrogen-bond donors (Lipinski definition) is 0. The van der Waals surface area contributed by atoms with Gasteiger partial charge in [0.25, 0.3) is 5.91 Å². The largest absolute Gasteiger partial charge is 0.345 e. The van der Waals surface area contributed by atoms with E-state index in [9.17, 15) is 9.59 Å². The summed E-state index contributed by atoms with van der Waals surface area (Å²) in [6.07, 6.45) is 2.06. The summed E-state index contributed by atoms with van der Waals surface area (Å²) >= 11 is 0. The van der Waals surface area contributed by atoms with Gasteiger partial charge in [-0.3, -0.25) is 9.59 Å². The van der Waals surface area contributed by atoms with E-state index in [1.165, 1.54) is 0 Å². The molecule has 4 heteroatoms. The molecule has 0 aromatic heterocycles. The van der Waals surface area contributed by atoms with Gasteiger partial charge in [-0.15, -0.1) is 0 Å². The van der Waals surface area contributed by atoms with Crippen LogP contribution in [0.4, 0.5) is 0 Å². The van der Waals surface area contributed by atoms with Gasteiger partial charge in [-0.1, -0.05) is 32.0 Å². The molecule has 2 aromatic carbocycles. The molecular formula is C23H30N2O2. The molecule has 0 spiro atoms. The highest BCUT2D eigenvalue weighted by molar-refractivity contribution is 6.03. The number of likely N-dealkylation sites (tertiary alicyclic amines) is 1.